The summed E-state index contributed by atoms with van der Waals surface area (Å²) in [6.07, 6.45) is 71.3. The third-order valence-electron chi connectivity index (χ3n) is 15.0. The minimum Gasteiger partial charge on any atom is -0.317 e. The van der Waals surface area contributed by atoms with Crippen molar-refractivity contribution < 1.29 is 0 Å². The van der Waals surface area contributed by atoms with Crippen LogP contribution in [0.4, 0.5) is 0 Å². The number of hydrogen-bond acceptors (Lipinski definition) is 4. The molecule has 0 heterocycles. The summed E-state index contributed by atoms with van der Waals surface area (Å²) in [5.41, 5.74) is 0. The molecule has 4 heteroatoms. The van der Waals surface area contributed by atoms with Gasteiger partial charge < -0.3 is 21.3 Å². The summed E-state index contributed by atoms with van der Waals surface area (Å²) < 4.78 is 0. The molecule has 0 rings (SSSR count). The molecule has 4 nitrogen and oxygen atoms in total. The van der Waals surface area contributed by atoms with E-state index in [1.54, 1.807) is 0 Å². The number of nitrogens with one attached hydrogen (secondary N) is 4. The normalized spacial score (nSPS) is 11.9. The van der Waals surface area contributed by atoms with E-state index < -0.39 is 0 Å². The molecule has 0 aromatic rings. The van der Waals surface area contributed by atoms with Crippen LogP contribution in [0.2, 0.25) is 0 Å². The van der Waals surface area contributed by atoms with Gasteiger partial charge in [0, 0.05) is 12.1 Å². The zero-order valence-electron chi connectivity index (χ0n) is 46.8. The highest BCUT2D eigenvalue weighted by Crippen LogP contribution is 2.19. The van der Waals surface area contributed by atoms with Crippen molar-refractivity contribution in [2.45, 2.75) is 361 Å². The Morgan fingerprint density at radius 1 is 0.182 bits per heavy atom. The fraction of sp³-hybridized carbons (Fsp3) is 1.00. The summed E-state index contributed by atoms with van der Waals surface area (Å²) in [7, 11) is 0. The lowest BCUT2D eigenvalue weighted by molar-refractivity contribution is 0.405. The first kappa shape index (κ1) is 65.8. The van der Waals surface area contributed by atoms with E-state index >= 15 is 0 Å². The Morgan fingerprint density at radius 2 is 0.364 bits per heavy atom. The fourth-order valence-electron chi connectivity index (χ4n) is 10.4. The predicted molar refractivity (Wildman–Crippen MR) is 303 cm³/mol. The van der Waals surface area contributed by atoms with E-state index in [1.165, 1.54) is 347 Å². The van der Waals surface area contributed by atoms with Crippen molar-refractivity contribution in [1.29, 1.82) is 0 Å². The van der Waals surface area contributed by atoms with Crippen LogP contribution in [-0.4, -0.2) is 51.4 Å². The average molecular weight is 932 g/mol. The molecule has 0 radical (unpaired) electrons. The maximum atomic E-state index is 4.03. The monoisotopic (exact) mass is 931 g/mol. The molecule has 0 atom stereocenters. The van der Waals surface area contributed by atoms with Crippen molar-refractivity contribution in [2.24, 2.45) is 0 Å². The summed E-state index contributed by atoms with van der Waals surface area (Å²) in [5.74, 6) is 0. The summed E-state index contributed by atoms with van der Waals surface area (Å²) in [5, 5.41) is 15.6. The van der Waals surface area contributed by atoms with Crippen molar-refractivity contribution in [3.05, 3.63) is 0 Å². The summed E-state index contributed by atoms with van der Waals surface area (Å²) in [4.78, 5) is 0. The molecule has 66 heavy (non-hydrogen) atoms. The third-order valence-corrected chi connectivity index (χ3v) is 15.0. The predicted octanol–water partition coefficient (Wildman–Crippen LogP) is 19.7. The summed E-state index contributed by atoms with van der Waals surface area (Å²) in [6.45, 7) is 16.3. The van der Waals surface area contributed by atoms with Crippen molar-refractivity contribution in [1.82, 2.24) is 21.3 Å². The molecule has 0 spiro atoms. The van der Waals surface area contributed by atoms with Crippen molar-refractivity contribution in [3.63, 3.8) is 0 Å². The Balaban J connectivity index is 4.17. The van der Waals surface area contributed by atoms with Crippen LogP contribution in [0.1, 0.15) is 349 Å². The maximum Gasteiger partial charge on any atom is 0.00670 e. The van der Waals surface area contributed by atoms with Crippen LogP contribution in [-0.2, 0) is 0 Å². The van der Waals surface area contributed by atoms with E-state index in [0.29, 0.717) is 0 Å². The van der Waals surface area contributed by atoms with E-state index in [1.807, 2.05) is 0 Å². The van der Waals surface area contributed by atoms with Crippen LogP contribution in [0.15, 0.2) is 0 Å². The Kier molecular flexibility index (Phi) is 60.8. The Bertz CT molecular complexity index is 770. The lowest BCUT2D eigenvalue weighted by atomic mass is 9.99. The van der Waals surface area contributed by atoms with Crippen LogP contribution < -0.4 is 21.3 Å². The zero-order chi connectivity index (χ0) is 47.6. The highest BCUT2D eigenvalue weighted by molar-refractivity contribution is 4.70. The molecule has 0 aliphatic rings. The van der Waals surface area contributed by atoms with Crippen molar-refractivity contribution in [3.8, 4) is 0 Å². The number of rotatable bonds is 61. The van der Waals surface area contributed by atoms with Gasteiger partial charge in [-0.3, -0.25) is 0 Å². The van der Waals surface area contributed by atoms with E-state index in [-0.39, 0.29) is 0 Å². The quantitative estimate of drug-likeness (QED) is 0.0459. The van der Waals surface area contributed by atoms with Gasteiger partial charge in [-0.2, -0.15) is 0 Å². The lowest BCUT2D eigenvalue weighted by Gasteiger charge is -2.19. The molecule has 0 amide bonds. The fourth-order valence-corrected chi connectivity index (χ4v) is 10.4. The van der Waals surface area contributed by atoms with Gasteiger partial charge in [-0.15, -0.1) is 0 Å². The van der Waals surface area contributed by atoms with Gasteiger partial charge in [0.15, 0.2) is 0 Å². The van der Waals surface area contributed by atoms with E-state index in [2.05, 4.69) is 49.0 Å². The molecule has 398 valence electrons. The molecule has 0 saturated carbocycles. The Morgan fingerprint density at radius 3 is 0.576 bits per heavy atom. The lowest BCUT2D eigenvalue weighted by Crippen LogP contribution is -2.32. The molecule has 0 aromatic carbocycles. The van der Waals surface area contributed by atoms with Crippen molar-refractivity contribution in [2.75, 3.05) is 39.3 Å². The molecule has 0 fully saturated rings. The molecule has 0 bridgehead atoms. The molecule has 0 aromatic heterocycles. The van der Waals surface area contributed by atoms with E-state index in [9.17, 15) is 0 Å². The van der Waals surface area contributed by atoms with E-state index in [0.717, 1.165) is 25.2 Å². The van der Waals surface area contributed by atoms with Crippen LogP contribution in [0.5, 0.6) is 0 Å². The number of unbranched alkanes of at least 4 members (excludes halogenated alkanes) is 39. The van der Waals surface area contributed by atoms with E-state index in [4.69, 9.17) is 0 Å². The highest BCUT2D eigenvalue weighted by atomic mass is 14.9. The van der Waals surface area contributed by atoms with Gasteiger partial charge in [0.2, 0.25) is 0 Å². The molecule has 4 N–H and O–H groups in total. The van der Waals surface area contributed by atoms with Gasteiger partial charge in [0.05, 0.1) is 0 Å². The standard InChI is InChI=1S/C62H130N4/c1-5-9-13-17-21-25-29-33-37-41-45-53-62(54-46-42-38-34-30-26-22-18-14-10-6-2)66-60-50-58-64-56-48-47-55-63-57-49-59-65-61(51-43-39-35-31-27-23-19-15-11-7-3)52-44-40-36-32-28-24-20-16-12-8-4/h61-66H,5-60H2,1-4H3. The maximum absolute atomic E-state index is 4.03. The zero-order valence-corrected chi connectivity index (χ0v) is 46.8. The van der Waals surface area contributed by atoms with Crippen LogP contribution in [0.3, 0.4) is 0 Å². The van der Waals surface area contributed by atoms with Crippen molar-refractivity contribution >= 4 is 0 Å². The first-order valence-electron chi connectivity index (χ1n) is 31.7. The van der Waals surface area contributed by atoms with Gasteiger partial charge in [-0.25, -0.2) is 0 Å². The van der Waals surface area contributed by atoms with Gasteiger partial charge in [-0.05, 0) is 90.6 Å². The Hall–Kier alpha value is -0.160. The molecule has 0 unspecified atom stereocenters. The van der Waals surface area contributed by atoms with Gasteiger partial charge in [-0.1, -0.05) is 297 Å². The second-order valence-corrected chi connectivity index (χ2v) is 21.8. The smallest absolute Gasteiger partial charge is 0.00670 e. The van der Waals surface area contributed by atoms with Gasteiger partial charge >= 0.3 is 0 Å². The van der Waals surface area contributed by atoms with Crippen LogP contribution in [0, 0.1) is 0 Å². The molecular formula is C62H130N4. The highest BCUT2D eigenvalue weighted by Gasteiger charge is 2.10. The molecule has 0 aliphatic carbocycles. The van der Waals surface area contributed by atoms with Crippen LogP contribution in [0.25, 0.3) is 0 Å². The largest absolute Gasteiger partial charge is 0.317 e. The molecule has 0 saturated heterocycles. The second kappa shape index (κ2) is 61.0. The average Bonchev–Trinajstić information content (AvgIpc) is 3.33. The third kappa shape index (κ3) is 56.4. The summed E-state index contributed by atoms with van der Waals surface area (Å²) in [6, 6.07) is 1.48. The summed E-state index contributed by atoms with van der Waals surface area (Å²) >= 11 is 0. The topological polar surface area (TPSA) is 48.1 Å². The number of hydrogen-bond donors (Lipinski definition) is 4. The minimum atomic E-state index is 0.739. The SMILES string of the molecule is CCCCCCCCCCCCCC(CCCCCCCCCCCCC)NCCCNCCCCNCCCNC(CCCCCCCCCCCC)CCCCCCCCCCCC. The second-order valence-electron chi connectivity index (χ2n) is 21.8. The van der Waals surface area contributed by atoms with Crippen LogP contribution >= 0.6 is 0 Å². The first-order valence-corrected chi connectivity index (χ1v) is 31.7. The Labute approximate surface area is 419 Å². The molecular weight excluding hydrogens is 801 g/mol. The minimum absolute atomic E-state index is 0.739. The molecule has 0 aliphatic heterocycles. The first-order chi connectivity index (χ1) is 32.8. The van der Waals surface area contributed by atoms with Gasteiger partial charge in [0.25, 0.3) is 0 Å². The van der Waals surface area contributed by atoms with Gasteiger partial charge in [0.1, 0.15) is 0 Å².